The first-order valence-electron chi connectivity index (χ1n) is 5.95. The molecule has 0 spiro atoms. The number of nitrogens with two attached hydrogens (primary N) is 1. The predicted molar refractivity (Wildman–Crippen MR) is 78.6 cm³/mol. The Kier molecular flexibility index (Phi) is 2.95. The molecule has 1 aromatic heterocycles. The Morgan fingerprint density at radius 3 is 2.95 bits per heavy atom. The maximum atomic E-state index is 11.9. The second-order valence-electron chi connectivity index (χ2n) is 4.44. The number of nitrogens with zero attached hydrogens (tertiary/aromatic N) is 1. The fourth-order valence-corrected chi connectivity index (χ4v) is 3.21. The smallest absolute Gasteiger partial charge is 0.232 e. The van der Waals surface area contributed by atoms with Crippen LogP contribution < -0.4 is 11.1 Å². The Morgan fingerprint density at radius 1 is 1.53 bits per heavy atom. The largest absolute Gasteiger partial charge is 0.375 e. The van der Waals surface area contributed by atoms with E-state index in [1.807, 2.05) is 24.4 Å². The summed E-state index contributed by atoms with van der Waals surface area (Å²) in [5.41, 5.74) is 9.01. The molecule has 3 rings (SSSR count). The molecule has 2 heterocycles. The summed E-state index contributed by atoms with van der Waals surface area (Å²) in [7, 11) is 0. The Hall–Kier alpha value is -1.59. The highest BCUT2D eigenvalue weighted by Crippen LogP contribution is 2.42. The number of hydrogen-bond acceptors (Lipinski definition) is 4. The van der Waals surface area contributed by atoms with Gasteiger partial charge in [0.2, 0.25) is 5.91 Å². The second kappa shape index (κ2) is 4.51. The first-order chi connectivity index (χ1) is 9.10. The number of hydrogen-bond donors (Lipinski definition) is 2. The van der Waals surface area contributed by atoms with Crippen molar-refractivity contribution in [1.82, 2.24) is 4.98 Å². The van der Waals surface area contributed by atoms with Gasteiger partial charge in [0.15, 0.2) is 5.13 Å². The Labute approximate surface area is 119 Å². The summed E-state index contributed by atoms with van der Waals surface area (Å²) < 4.78 is 0. The number of rotatable bonds is 2. The van der Waals surface area contributed by atoms with Gasteiger partial charge in [0.25, 0.3) is 0 Å². The number of amides is 1. The van der Waals surface area contributed by atoms with Crippen LogP contribution in [0.2, 0.25) is 5.02 Å². The molecular weight excluding hydrogens is 282 g/mol. The third kappa shape index (κ3) is 1.99. The lowest BCUT2D eigenvalue weighted by Crippen LogP contribution is -2.10. The van der Waals surface area contributed by atoms with Crippen LogP contribution in [0.4, 0.5) is 10.8 Å². The van der Waals surface area contributed by atoms with Crippen molar-refractivity contribution in [3.63, 3.8) is 0 Å². The molecule has 6 heteroatoms. The molecule has 3 N–H and O–H groups in total. The number of nitrogen functional groups attached to an aromatic ring is 1. The average molecular weight is 294 g/mol. The van der Waals surface area contributed by atoms with Gasteiger partial charge in [0.05, 0.1) is 22.3 Å². The van der Waals surface area contributed by atoms with Crippen molar-refractivity contribution >= 4 is 39.7 Å². The van der Waals surface area contributed by atoms with E-state index in [4.69, 9.17) is 17.3 Å². The molecule has 19 heavy (non-hydrogen) atoms. The molecule has 2 aromatic rings. The van der Waals surface area contributed by atoms with E-state index in [1.165, 1.54) is 11.3 Å². The van der Waals surface area contributed by atoms with Crippen LogP contribution in [0.5, 0.6) is 0 Å². The number of fused-ring (bicyclic) bond motifs is 1. The minimum atomic E-state index is -0.136. The summed E-state index contributed by atoms with van der Waals surface area (Å²) in [6.45, 7) is 1.99. The Bertz CT molecular complexity index is 668. The van der Waals surface area contributed by atoms with Gasteiger partial charge < -0.3 is 11.1 Å². The van der Waals surface area contributed by atoms with Gasteiger partial charge in [-0.15, -0.1) is 11.3 Å². The molecule has 0 fully saturated rings. The van der Waals surface area contributed by atoms with Crippen molar-refractivity contribution in [3.8, 4) is 11.3 Å². The quantitative estimate of drug-likeness (QED) is 0.890. The van der Waals surface area contributed by atoms with Gasteiger partial charge in [-0.25, -0.2) is 4.98 Å². The van der Waals surface area contributed by atoms with Gasteiger partial charge in [0, 0.05) is 10.9 Å². The number of nitrogens with one attached hydrogen (secondary N) is 1. The van der Waals surface area contributed by atoms with Crippen LogP contribution >= 0.6 is 22.9 Å². The lowest BCUT2D eigenvalue weighted by molar-refractivity contribution is -0.117. The van der Waals surface area contributed by atoms with Crippen molar-refractivity contribution in [2.24, 2.45) is 0 Å². The van der Waals surface area contributed by atoms with Gasteiger partial charge in [-0.05, 0) is 24.1 Å². The molecule has 0 aliphatic carbocycles. The predicted octanol–water partition coefficient (Wildman–Crippen LogP) is 3.49. The van der Waals surface area contributed by atoms with E-state index >= 15 is 0 Å². The molecular formula is C13H12ClN3OS. The summed E-state index contributed by atoms with van der Waals surface area (Å²) in [4.78, 5) is 16.1. The van der Waals surface area contributed by atoms with E-state index in [-0.39, 0.29) is 11.8 Å². The SMILES string of the molecule is CCC1C(=O)Nc2c(Cl)cc(-c3csc(N)n3)cc21. The fraction of sp³-hybridized carbons (Fsp3) is 0.231. The maximum absolute atomic E-state index is 11.9. The van der Waals surface area contributed by atoms with Gasteiger partial charge in [0.1, 0.15) is 0 Å². The number of halogens is 1. The van der Waals surface area contributed by atoms with Crippen LogP contribution in [0.15, 0.2) is 17.5 Å². The van der Waals surface area contributed by atoms with Gasteiger partial charge >= 0.3 is 0 Å². The molecule has 1 atom stereocenters. The van der Waals surface area contributed by atoms with Crippen molar-refractivity contribution in [2.45, 2.75) is 19.3 Å². The maximum Gasteiger partial charge on any atom is 0.232 e. The van der Waals surface area contributed by atoms with Crippen molar-refractivity contribution in [1.29, 1.82) is 0 Å². The zero-order chi connectivity index (χ0) is 13.6. The minimum Gasteiger partial charge on any atom is -0.375 e. The van der Waals surface area contributed by atoms with Crippen molar-refractivity contribution in [2.75, 3.05) is 11.1 Å². The van der Waals surface area contributed by atoms with Crippen LogP contribution in [0, 0.1) is 0 Å². The summed E-state index contributed by atoms with van der Waals surface area (Å²) in [6, 6.07) is 3.79. The second-order valence-corrected chi connectivity index (χ2v) is 5.74. The number of benzene rings is 1. The summed E-state index contributed by atoms with van der Waals surface area (Å²) in [5.74, 6) is -0.127. The van der Waals surface area contributed by atoms with Gasteiger partial charge in [-0.3, -0.25) is 4.79 Å². The minimum absolute atomic E-state index is 0.00865. The molecule has 1 aliphatic rings. The summed E-state index contributed by atoms with van der Waals surface area (Å²) >= 11 is 7.64. The number of aromatic nitrogens is 1. The average Bonchev–Trinajstić information content (AvgIpc) is 2.93. The number of carbonyl (C=O) groups is 1. The molecule has 1 amide bonds. The van der Waals surface area contributed by atoms with Crippen LogP contribution in [0.25, 0.3) is 11.3 Å². The third-order valence-electron chi connectivity index (χ3n) is 3.29. The highest BCUT2D eigenvalue weighted by Gasteiger charge is 2.31. The fourth-order valence-electron chi connectivity index (χ4n) is 2.36. The normalized spacial score (nSPS) is 17.4. The molecule has 0 saturated carbocycles. The van der Waals surface area contributed by atoms with Gasteiger partial charge in [-0.1, -0.05) is 18.5 Å². The highest BCUT2D eigenvalue weighted by atomic mass is 35.5. The van der Waals surface area contributed by atoms with E-state index in [1.54, 1.807) is 0 Å². The van der Waals surface area contributed by atoms with Crippen LogP contribution in [0.1, 0.15) is 24.8 Å². The first kappa shape index (κ1) is 12.4. The molecule has 0 bridgehead atoms. The van der Waals surface area contributed by atoms with Crippen LogP contribution in [0.3, 0.4) is 0 Å². The number of anilines is 2. The molecule has 1 aromatic carbocycles. The Balaban J connectivity index is 2.14. The van der Waals surface area contributed by atoms with E-state index in [0.717, 1.165) is 28.9 Å². The van der Waals surface area contributed by atoms with E-state index in [9.17, 15) is 4.79 Å². The zero-order valence-corrected chi connectivity index (χ0v) is 11.8. The molecule has 0 radical (unpaired) electrons. The number of carbonyl (C=O) groups excluding carboxylic acids is 1. The molecule has 1 unspecified atom stereocenters. The summed E-state index contributed by atoms with van der Waals surface area (Å²) in [5, 5.41) is 5.79. The van der Waals surface area contributed by atoms with Crippen molar-refractivity contribution in [3.05, 3.63) is 28.1 Å². The lowest BCUT2D eigenvalue weighted by atomic mass is 9.96. The van der Waals surface area contributed by atoms with Crippen LogP contribution in [-0.2, 0) is 4.79 Å². The van der Waals surface area contributed by atoms with E-state index < -0.39 is 0 Å². The first-order valence-corrected chi connectivity index (χ1v) is 7.21. The van der Waals surface area contributed by atoms with Crippen molar-refractivity contribution < 1.29 is 4.79 Å². The van der Waals surface area contributed by atoms with E-state index in [0.29, 0.717) is 10.2 Å². The monoisotopic (exact) mass is 293 g/mol. The topological polar surface area (TPSA) is 68.0 Å². The van der Waals surface area contributed by atoms with Gasteiger partial charge in [-0.2, -0.15) is 0 Å². The zero-order valence-electron chi connectivity index (χ0n) is 10.2. The molecule has 1 aliphatic heterocycles. The molecule has 0 saturated heterocycles. The standard InChI is InChI=1S/C13H12ClN3OS/c1-2-7-8-3-6(10-5-19-13(15)16-10)4-9(14)11(8)17-12(7)18/h3-5,7H,2H2,1H3,(H2,15,16)(H,17,18). The number of thiazole rings is 1. The Morgan fingerprint density at radius 2 is 2.32 bits per heavy atom. The lowest BCUT2D eigenvalue weighted by Gasteiger charge is -2.08. The molecule has 4 nitrogen and oxygen atoms in total. The highest BCUT2D eigenvalue weighted by molar-refractivity contribution is 7.13. The van der Waals surface area contributed by atoms with Crippen LogP contribution in [-0.4, -0.2) is 10.9 Å². The molecule has 98 valence electrons. The third-order valence-corrected chi connectivity index (χ3v) is 4.26. The summed E-state index contributed by atoms with van der Waals surface area (Å²) in [6.07, 6.45) is 0.748. The van der Waals surface area contributed by atoms with E-state index in [2.05, 4.69) is 10.3 Å².